The largest absolute Gasteiger partial charge is 0.462 e. The summed E-state index contributed by atoms with van der Waals surface area (Å²) in [5, 5.41) is 8.47. The maximum Gasteiger partial charge on any atom is 0.341 e. The van der Waals surface area contributed by atoms with Crippen LogP contribution in [0.2, 0.25) is 0 Å². The Hall–Kier alpha value is -1.56. The van der Waals surface area contributed by atoms with Crippen molar-refractivity contribution >= 4 is 5.97 Å². The fraction of sp³-hybridized carbons (Fsp3) is 0.364. The number of ether oxygens (including phenoxy) is 1. The average molecular weight is 248 g/mol. The Morgan fingerprint density at radius 3 is 2.53 bits per heavy atom. The molecular weight excluding hydrogens is 237 g/mol. The average Bonchev–Trinajstić information content (AvgIpc) is 2.31. The fourth-order valence-electron chi connectivity index (χ4n) is 1.14. The lowest BCUT2D eigenvalue weighted by atomic mass is 10.2. The standard InChI is InChI=1S/C11H11F3O3/c12-8-4-3-7(9(13)10(8)14)11(16)17-6-2-1-5-15/h3-4,15H,1-2,5-6H2. The van der Waals surface area contributed by atoms with Crippen LogP contribution in [0.4, 0.5) is 13.2 Å². The van der Waals surface area contributed by atoms with Crippen LogP contribution in [0.15, 0.2) is 12.1 Å². The summed E-state index contributed by atoms with van der Waals surface area (Å²) in [7, 11) is 0. The predicted molar refractivity (Wildman–Crippen MR) is 52.9 cm³/mol. The molecule has 1 aromatic carbocycles. The first-order valence-corrected chi connectivity index (χ1v) is 4.99. The number of halogens is 3. The zero-order valence-electron chi connectivity index (χ0n) is 8.88. The van der Waals surface area contributed by atoms with Crippen LogP contribution < -0.4 is 0 Å². The third-order valence-corrected chi connectivity index (χ3v) is 2.04. The van der Waals surface area contributed by atoms with Gasteiger partial charge in [-0.05, 0) is 25.0 Å². The van der Waals surface area contributed by atoms with Crippen molar-refractivity contribution in [1.82, 2.24) is 0 Å². The molecule has 1 N–H and O–H groups in total. The van der Waals surface area contributed by atoms with Crippen molar-refractivity contribution in [3.8, 4) is 0 Å². The van der Waals surface area contributed by atoms with Crippen molar-refractivity contribution in [2.45, 2.75) is 12.8 Å². The number of carbonyl (C=O) groups is 1. The highest BCUT2D eigenvalue weighted by Gasteiger charge is 2.19. The molecule has 0 aliphatic heterocycles. The van der Waals surface area contributed by atoms with Crippen LogP contribution in [0.1, 0.15) is 23.2 Å². The van der Waals surface area contributed by atoms with Gasteiger partial charge in [-0.25, -0.2) is 18.0 Å². The number of hydrogen-bond donors (Lipinski definition) is 1. The summed E-state index contributed by atoms with van der Waals surface area (Å²) >= 11 is 0. The van der Waals surface area contributed by atoms with Crippen LogP contribution in [0.5, 0.6) is 0 Å². The van der Waals surface area contributed by atoms with E-state index in [9.17, 15) is 18.0 Å². The Morgan fingerprint density at radius 1 is 1.18 bits per heavy atom. The number of aliphatic hydroxyl groups is 1. The van der Waals surface area contributed by atoms with Crippen LogP contribution in [0.3, 0.4) is 0 Å². The van der Waals surface area contributed by atoms with E-state index in [0.717, 1.165) is 6.07 Å². The second-order valence-corrected chi connectivity index (χ2v) is 3.29. The first-order valence-electron chi connectivity index (χ1n) is 4.99. The molecule has 0 saturated carbocycles. The first kappa shape index (κ1) is 13.5. The van der Waals surface area contributed by atoms with Crippen molar-refractivity contribution < 1.29 is 27.8 Å². The summed E-state index contributed by atoms with van der Waals surface area (Å²) in [6.45, 7) is -0.0606. The number of esters is 1. The Morgan fingerprint density at radius 2 is 1.88 bits per heavy atom. The van der Waals surface area contributed by atoms with Gasteiger partial charge in [0.25, 0.3) is 0 Å². The monoisotopic (exact) mass is 248 g/mol. The van der Waals surface area contributed by atoms with E-state index in [1.807, 2.05) is 0 Å². The molecule has 0 aromatic heterocycles. The zero-order valence-corrected chi connectivity index (χ0v) is 8.88. The van der Waals surface area contributed by atoms with Gasteiger partial charge in [-0.1, -0.05) is 0 Å². The van der Waals surface area contributed by atoms with E-state index in [1.54, 1.807) is 0 Å². The van der Waals surface area contributed by atoms with E-state index in [-0.39, 0.29) is 13.2 Å². The van der Waals surface area contributed by atoms with Gasteiger partial charge < -0.3 is 9.84 Å². The fourth-order valence-corrected chi connectivity index (χ4v) is 1.14. The normalized spacial score (nSPS) is 10.4. The molecule has 1 aromatic rings. The second kappa shape index (κ2) is 6.24. The topological polar surface area (TPSA) is 46.5 Å². The Bertz CT molecular complexity index is 407. The lowest BCUT2D eigenvalue weighted by molar-refractivity contribution is 0.0486. The molecule has 0 amide bonds. The number of unbranched alkanes of at least 4 members (excludes halogenated alkanes) is 1. The van der Waals surface area contributed by atoms with Gasteiger partial charge in [0.2, 0.25) is 0 Å². The summed E-state index contributed by atoms with van der Waals surface area (Å²) < 4.78 is 43.1. The highest BCUT2D eigenvalue weighted by molar-refractivity contribution is 5.89. The number of hydrogen-bond acceptors (Lipinski definition) is 3. The zero-order chi connectivity index (χ0) is 12.8. The molecule has 3 nitrogen and oxygen atoms in total. The van der Waals surface area contributed by atoms with Gasteiger partial charge >= 0.3 is 5.97 Å². The van der Waals surface area contributed by atoms with Crippen molar-refractivity contribution in [3.05, 3.63) is 35.1 Å². The van der Waals surface area contributed by atoms with Crippen LogP contribution in [-0.4, -0.2) is 24.3 Å². The second-order valence-electron chi connectivity index (χ2n) is 3.29. The lowest BCUT2D eigenvalue weighted by Gasteiger charge is -2.05. The minimum Gasteiger partial charge on any atom is -0.462 e. The van der Waals surface area contributed by atoms with Gasteiger partial charge in [0.1, 0.15) is 0 Å². The van der Waals surface area contributed by atoms with E-state index in [4.69, 9.17) is 5.11 Å². The highest BCUT2D eigenvalue weighted by Crippen LogP contribution is 2.16. The maximum atomic E-state index is 13.1. The first-order chi connectivity index (χ1) is 8.07. The van der Waals surface area contributed by atoms with E-state index >= 15 is 0 Å². The Kier molecular flexibility index (Phi) is 4.96. The summed E-state index contributed by atoms with van der Waals surface area (Å²) in [5.74, 6) is -5.68. The van der Waals surface area contributed by atoms with Crippen molar-refractivity contribution in [2.24, 2.45) is 0 Å². The number of aliphatic hydroxyl groups excluding tert-OH is 1. The molecule has 0 aliphatic rings. The minimum atomic E-state index is -1.70. The quantitative estimate of drug-likeness (QED) is 0.492. The lowest BCUT2D eigenvalue weighted by Crippen LogP contribution is -2.10. The van der Waals surface area contributed by atoms with Crippen LogP contribution in [-0.2, 0) is 4.74 Å². The van der Waals surface area contributed by atoms with Crippen LogP contribution in [0.25, 0.3) is 0 Å². The molecule has 0 aliphatic carbocycles. The number of carbonyl (C=O) groups excluding carboxylic acids is 1. The van der Waals surface area contributed by atoms with Gasteiger partial charge in [0.05, 0.1) is 12.2 Å². The number of benzene rings is 1. The summed E-state index contributed by atoms with van der Waals surface area (Å²) in [6.07, 6.45) is 0.848. The number of rotatable bonds is 5. The van der Waals surface area contributed by atoms with Gasteiger partial charge in [0.15, 0.2) is 17.5 Å². The molecule has 1 rings (SSSR count). The molecule has 0 atom stereocenters. The van der Waals surface area contributed by atoms with Gasteiger partial charge in [-0.2, -0.15) is 0 Å². The molecule has 0 spiro atoms. The van der Waals surface area contributed by atoms with E-state index < -0.39 is 29.0 Å². The Balaban J connectivity index is 2.66. The highest BCUT2D eigenvalue weighted by atomic mass is 19.2. The molecule has 0 unspecified atom stereocenters. The minimum absolute atomic E-state index is 0.0160. The van der Waals surface area contributed by atoms with E-state index in [1.165, 1.54) is 0 Å². The van der Waals surface area contributed by atoms with Gasteiger partial charge in [-0.3, -0.25) is 0 Å². The summed E-state index contributed by atoms with van der Waals surface area (Å²) in [5.41, 5.74) is -0.645. The Labute approximate surface area is 95.8 Å². The van der Waals surface area contributed by atoms with E-state index in [2.05, 4.69) is 4.74 Å². The molecule has 0 fully saturated rings. The third kappa shape index (κ3) is 3.45. The molecular formula is C11H11F3O3. The van der Waals surface area contributed by atoms with Gasteiger partial charge in [0, 0.05) is 6.61 Å². The molecule has 0 bridgehead atoms. The van der Waals surface area contributed by atoms with Crippen molar-refractivity contribution in [1.29, 1.82) is 0 Å². The molecule has 0 radical (unpaired) electrons. The van der Waals surface area contributed by atoms with Crippen molar-refractivity contribution in [2.75, 3.05) is 13.2 Å². The molecule has 0 heterocycles. The molecule has 0 saturated heterocycles. The molecule has 17 heavy (non-hydrogen) atoms. The third-order valence-electron chi connectivity index (χ3n) is 2.04. The van der Waals surface area contributed by atoms with E-state index in [0.29, 0.717) is 18.9 Å². The smallest absolute Gasteiger partial charge is 0.341 e. The van der Waals surface area contributed by atoms with Gasteiger partial charge in [-0.15, -0.1) is 0 Å². The van der Waals surface area contributed by atoms with Crippen LogP contribution in [0, 0.1) is 17.5 Å². The maximum absolute atomic E-state index is 13.1. The summed E-state index contributed by atoms with van der Waals surface area (Å²) in [4.78, 5) is 11.3. The molecule has 94 valence electrons. The predicted octanol–water partition coefficient (Wildman–Crippen LogP) is 2.03. The molecule has 6 heteroatoms. The SMILES string of the molecule is O=C(OCCCCO)c1ccc(F)c(F)c1F. The van der Waals surface area contributed by atoms with Crippen LogP contribution >= 0.6 is 0 Å². The summed E-state index contributed by atoms with van der Waals surface area (Å²) in [6, 6.07) is 1.48. The van der Waals surface area contributed by atoms with Crippen molar-refractivity contribution in [3.63, 3.8) is 0 Å².